The van der Waals surface area contributed by atoms with Crippen LogP contribution in [0.3, 0.4) is 0 Å². The van der Waals surface area contributed by atoms with Gasteiger partial charge >= 0.3 is 6.18 Å². The molecule has 2 aliphatic rings. The molecule has 0 aliphatic carbocycles. The smallest absolute Gasteiger partial charge is 0.418 e. The Morgan fingerprint density at radius 3 is 2.43 bits per heavy atom. The van der Waals surface area contributed by atoms with E-state index in [0.717, 1.165) is 36.4 Å². The molecule has 0 radical (unpaired) electrons. The number of methoxy groups -OCH3 is 2. The maximum absolute atomic E-state index is 14.5. The molecule has 1 aromatic heterocycles. The molecule has 2 aromatic carbocycles. The first kappa shape index (κ1) is 33.1. The number of carbonyl (C=O) groups excluding carboxylic acids is 1. The highest BCUT2D eigenvalue weighted by molar-refractivity contribution is 5.84. The Kier molecular flexibility index (Phi) is 10.1. The van der Waals surface area contributed by atoms with Gasteiger partial charge < -0.3 is 29.7 Å². The van der Waals surface area contributed by atoms with Gasteiger partial charge in [0.25, 0.3) is 5.56 Å². The number of anilines is 2. The van der Waals surface area contributed by atoms with Crippen LogP contribution in [-0.4, -0.2) is 73.8 Å². The van der Waals surface area contributed by atoms with Crippen LogP contribution >= 0.6 is 0 Å². The molecule has 13 heteroatoms. The number of benzene rings is 2. The molecule has 3 aromatic rings. The van der Waals surface area contributed by atoms with Crippen LogP contribution in [0, 0.1) is 0 Å². The van der Waals surface area contributed by atoms with Crippen LogP contribution < -0.4 is 30.1 Å². The zero-order valence-corrected chi connectivity index (χ0v) is 26.3. The van der Waals surface area contributed by atoms with Crippen molar-refractivity contribution < 1.29 is 32.5 Å². The Morgan fingerprint density at radius 1 is 1.07 bits per heavy atom. The average molecular weight is 644 g/mol. The SMILES string of the molecule is CCCCCCNC(=O)CN1CCc2c(-c3cc(OC)cc(OC)c3)nn(-c3cc(N4CC[C@H](O)C4)ccc3C(F)(F)F)c(=O)c21. The molecule has 10 nitrogen and oxygen atoms in total. The van der Waals surface area contributed by atoms with Crippen molar-refractivity contribution in [1.82, 2.24) is 15.1 Å². The second kappa shape index (κ2) is 14.0. The topological polar surface area (TPSA) is 109 Å². The highest BCUT2D eigenvalue weighted by Crippen LogP contribution is 2.39. The lowest BCUT2D eigenvalue weighted by molar-refractivity contribution is -0.137. The first-order valence-electron chi connectivity index (χ1n) is 15.6. The maximum atomic E-state index is 14.5. The van der Waals surface area contributed by atoms with E-state index >= 15 is 0 Å². The van der Waals surface area contributed by atoms with Gasteiger partial charge in [-0.25, -0.2) is 0 Å². The highest BCUT2D eigenvalue weighted by atomic mass is 19.4. The second-order valence-electron chi connectivity index (χ2n) is 11.7. The molecule has 2 N–H and O–H groups in total. The van der Waals surface area contributed by atoms with Crippen molar-refractivity contribution >= 4 is 17.3 Å². The maximum Gasteiger partial charge on any atom is 0.418 e. The number of alkyl halides is 3. The Bertz CT molecular complexity index is 1600. The predicted octanol–water partition coefficient (Wildman–Crippen LogP) is 4.57. The van der Waals surface area contributed by atoms with Crippen molar-refractivity contribution in [3.05, 3.63) is 57.9 Å². The zero-order chi connectivity index (χ0) is 33.0. The summed E-state index contributed by atoms with van der Waals surface area (Å²) in [5, 5.41) is 17.6. The first-order chi connectivity index (χ1) is 22.0. The van der Waals surface area contributed by atoms with Crippen LogP contribution in [0.15, 0.2) is 41.2 Å². The fourth-order valence-electron chi connectivity index (χ4n) is 6.08. The van der Waals surface area contributed by atoms with E-state index in [2.05, 4.69) is 17.3 Å². The van der Waals surface area contributed by atoms with Gasteiger partial charge in [0.05, 0.1) is 43.8 Å². The van der Waals surface area contributed by atoms with Crippen molar-refractivity contribution in [2.45, 2.75) is 57.7 Å². The van der Waals surface area contributed by atoms with Gasteiger partial charge in [0, 0.05) is 49.1 Å². The molecule has 2 aliphatic heterocycles. The Balaban J connectivity index is 1.65. The van der Waals surface area contributed by atoms with E-state index in [1.165, 1.54) is 26.4 Å². The summed E-state index contributed by atoms with van der Waals surface area (Å²) in [7, 11) is 2.96. The van der Waals surface area contributed by atoms with E-state index in [1.54, 1.807) is 28.0 Å². The number of nitrogens with one attached hydrogen (secondary N) is 1. The standard InChI is InChI=1S/C33H40F3N5O5/c1-4-5-6-7-12-37-29(43)20-40-14-11-26-30(21-15-24(45-2)18-25(16-21)46-3)38-41(32(44)31(26)40)28-17-22(39-13-10-23(42)19-39)8-9-27(28)33(34,35)36/h8-9,15-18,23,42H,4-7,10-14,19-20H2,1-3H3,(H,37,43)/t23-/m0/s1. The minimum atomic E-state index is -4.80. The predicted molar refractivity (Wildman–Crippen MR) is 169 cm³/mol. The minimum absolute atomic E-state index is 0.126. The molecule has 0 saturated carbocycles. The summed E-state index contributed by atoms with van der Waals surface area (Å²) >= 11 is 0. The van der Waals surface area contributed by atoms with Gasteiger partial charge in [0.2, 0.25) is 5.91 Å². The summed E-state index contributed by atoms with van der Waals surface area (Å²) in [6.07, 6.45) is -0.607. The third-order valence-electron chi connectivity index (χ3n) is 8.47. The van der Waals surface area contributed by atoms with Gasteiger partial charge in [0.15, 0.2) is 0 Å². The number of nitrogens with zero attached hydrogens (tertiary/aromatic N) is 4. The van der Waals surface area contributed by atoms with E-state index < -0.39 is 29.1 Å². The van der Waals surface area contributed by atoms with E-state index in [9.17, 15) is 27.9 Å². The fraction of sp³-hybridized carbons (Fsp3) is 0.485. The number of aliphatic hydroxyl groups is 1. The molecule has 1 amide bonds. The molecule has 1 atom stereocenters. The number of rotatable bonds is 12. The number of β-amino-alcohol motifs (C(OH)–C–C–N with tert-alkyl or cyclic N) is 1. The Morgan fingerprint density at radius 2 is 1.80 bits per heavy atom. The Labute approximate surface area is 265 Å². The van der Waals surface area contributed by atoms with Crippen molar-refractivity contribution in [3.8, 4) is 28.4 Å². The summed E-state index contributed by atoms with van der Waals surface area (Å²) in [5.74, 6) is 0.596. The molecule has 1 saturated heterocycles. The molecule has 0 unspecified atom stereocenters. The van der Waals surface area contributed by atoms with Crippen molar-refractivity contribution in [2.75, 3.05) is 56.7 Å². The normalized spacial score (nSPS) is 16.1. The zero-order valence-electron chi connectivity index (χ0n) is 26.3. The molecular weight excluding hydrogens is 603 g/mol. The summed E-state index contributed by atoms with van der Waals surface area (Å²) in [4.78, 5) is 30.6. The van der Waals surface area contributed by atoms with E-state index in [1.807, 2.05) is 0 Å². The number of amides is 1. The Hall–Kier alpha value is -4.26. The molecule has 46 heavy (non-hydrogen) atoms. The van der Waals surface area contributed by atoms with Crippen LogP contribution in [0.2, 0.25) is 0 Å². The van der Waals surface area contributed by atoms with E-state index in [4.69, 9.17) is 9.47 Å². The number of halogens is 3. The van der Waals surface area contributed by atoms with Crippen LogP contribution in [0.4, 0.5) is 24.5 Å². The van der Waals surface area contributed by atoms with Gasteiger partial charge in [-0.05, 0) is 49.6 Å². The number of carbonyl (C=O) groups is 1. The van der Waals surface area contributed by atoms with E-state index in [-0.39, 0.29) is 30.4 Å². The number of hydrogen-bond donors (Lipinski definition) is 2. The third-order valence-corrected chi connectivity index (χ3v) is 8.47. The summed E-state index contributed by atoms with van der Waals surface area (Å²) in [6, 6.07) is 8.59. The highest BCUT2D eigenvalue weighted by Gasteiger charge is 2.37. The number of aromatic nitrogens is 2. The van der Waals surface area contributed by atoms with Crippen molar-refractivity contribution in [2.24, 2.45) is 0 Å². The van der Waals surface area contributed by atoms with Crippen LogP contribution in [0.1, 0.15) is 50.2 Å². The van der Waals surface area contributed by atoms with Crippen LogP contribution in [0.5, 0.6) is 11.5 Å². The number of unbranched alkanes of at least 4 members (excludes halogenated alkanes) is 3. The number of aliphatic hydroxyl groups excluding tert-OH is 1. The lowest BCUT2D eigenvalue weighted by atomic mass is 10.0. The van der Waals surface area contributed by atoms with Gasteiger partial charge in [-0.1, -0.05) is 26.2 Å². The van der Waals surface area contributed by atoms with Crippen LogP contribution in [0.25, 0.3) is 16.9 Å². The molecular formula is C33H40F3N5O5. The molecule has 3 heterocycles. The average Bonchev–Trinajstić information content (AvgIpc) is 3.66. The number of ether oxygens (including phenoxy) is 2. The van der Waals surface area contributed by atoms with E-state index in [0.29, 0.717) is 60.8 Å². The summed E-state index contributed by atoms with van der Waals surface area (Å²) in [5.41, 5.74) is -0.386. The number of hydrogen-bond acceptors (Lipinski definition) is 8. The van der Waals surface area contributed by atoms with Crippen molar-refractivity contribution in [3.63, 3.8) is 0 Å². The minimum Gasteiger partial charge on any atom is -0.497 e. The molecule has 5 rings (SSSR count). The van der Waals surface area contributed by atoms with Gasteiger partial charge in [0.1, 0.15) is 17.2 Å². The first-order valence-corrected chi connectivity index (χ1v) is 15.6. The fourth-order valence-corrected chi connectivity index (χ4v) is 6.08. The summed E-state index contributed by atoms with van der Waals surface area (Å²) in [6.45, 7) is 3.50. The lowest BCUT2D eigenvalue weighted by Gasteiger charge is -2.23. The molecule has 248 valence electrons. The van der Waals surface area contributed by atoms with Crippen molar-refractivity contribution in [1.29, 1.82) is 0 Å². The quantitative estimate of drug-likeness (QED) is 0.277. The molecule has 0 bridgehead atoms. The summed E-state index contributed by atoms with van der Waals surface area (Å²) < 4.78 is 55.1. The van der Waals surface area contributed by atoms with Crippen LogP contribution in [-0.2, 0) is 17.4 Å². The van der Waals surface area contributed by atoms with Gasteiger partial charge in [-0.2, -0.15) is 23.0 Å². The second-order valence-corrected chi connectivity index (χ2v) is 11.7. The molecule has 1 fully saturated rings. The van der Waals surface area contributed by atoms with Gasteiger partial charge in [-0.3, -0.25) is 9.59 Å². The number of fused-ring (bicyclic) bond motifs is 1. The monoisotopic (exact) mass is 643 g/mol. The lowest BCUT2D eigenvalue weighted by Crippen LogP contribution is -2.39. The largest absolute Gasteiger partial charge is 0.497 e. The van der Waals surface area contributed by atoms with Gasteiger partial charge in [-0.15, -0.1) is 0 Å². The molecule has 0 spiro atoms. The third kappa shape index (κ3) is 7.09.